The summed E-state index contributed by atoms with van der Waals surface area (Å²) in [6, 6.07) is -0.215. The number of esters is 2. The van der Waals surface area contributed by atoms with E-state index in [0.29, 0.717) is 32.2 Å². The van der Waals surface area contributed by atoms with Gasteiger partial charge in [0.25, 0.3) is 0 Å². The van der Waals surface area contributed by atoms with Crippen LogP contribution in [-0.4, -0.2) is 69.7 Å². The van der Waals surface area contributed by atoms with Crippen LogP contribution < -0.4 is 5.32 Å². The molecule has 6 rings (SSSR count). The van der Waals surface area contributed by atoms with Gasteiger partial charge in [-0.3, -0.25) is 19.8 Å². The van der Waals surface area contributed by atoms with E-state index in [-0.39, 0.29) is 41.8 Å². The van der Waals surface area contributed by atoms with Crippen molar-refractivity contribution in [1.29, 1.82) is 0 Å². The van der Waals surface area contributed by atoms with Gasteiger partial charge in [-0.2, -0.15) is 0 Å². The van der Waals surface area contributed by atoms with Crippen molar-refractivity contribution in [1.82, 2.24) is 10.2 Å². The molecule has 1 aliphatic carbocycles. The molecule has 0 aromatic carbocycles. The monoisotopic (exact) mass is 448 g/mol. The van der Waals surface area contributed by atoms with Gasteiger partial charge in [-0.15, -0.1) is 0 Å². The highest BCUT2D eigenvalue weighted by molar-refractivity contribution is 5.79. The van der Waals surface area contributed by atoms with Crippen LogP contribution in [0.1, 0.15) is 59.3 Å². The summed E-state index contributed by atoms with van der Waals surface area (Å²) in [6.07, 6.45) is 2.30. The molecule has 1 spiro atoms. The van der Waals surface area contributed by atoms with E-state index in [1.807, 2.05) is 20.8 Å². The van der Waals surface area contributed by atoms with E-state index in [2.05, 4.69) is 10.2 Å². The van der Waals surface area contributed by atoms with Gasteiger partial charge in [0.05, 0.1) is 23.8 Å². The number of alkyl carbamates (subject to hydrolysis) is 1. The Kier molecular flexibility index (Phi) is 4.13. The predicted molar refractivity (Wildman–Crippen MR) is 109 cm³/mol. The summed E-state index contributed by atoms with van der Waals surface area (Å²) in [6.45, 7) is 6.36. The standard InChI is InChI=1S/C23H32N2O7/c1-4-13-17-16(12(3)19(27)31-17)22-10-14(15-9-11(2)18(26)30-15)25-8-6-5-7-21(13,29)23(22,25)24-20(28)32-22/h11-17,29H,4-10H2,1-3H3,(H,24,28). The van der Waals surface area contributed by atoms with Crippen molar-refractivity contribution in [3.63, 3.8) is 0 Å². The molecule has 5 aliphatic heterocycles. The molecule has 10 unspecified atom stereocenters. The molecular weight excluding hydrogens is 416 g/mol. The maximum Gasteiger partial charge on any atom is 0.409 e. The lowest BCUT2D eigenvalue weighted by Gasteiger charge is -2.61. The Morgan fingerprint density at radius 1 is 1.16 bits per heavy atom. The summed E-state index contributed by atoms with van der Waals surface area (Å²) in [4.78, 5) is 40.2. The normalized spacial score (nSPS) is 54.1. The highest BCUT2D eigenvalue weighted by Crippen LogP contribution is 2.68. The highest BCUT2D eigenvalue weighted by atomic mass is 16.6. The SMILES string of the molecule is CCC1C2OC(=O)C(C)C2C23CC(C4CC(C)C(=O)O4)N4CCCCC1(O)C42NC(=O)O3. The second kappa shape index (κ2) is 6.38. The minimum Gasteiger partial charge on any atom is -0.461 e. The lowest BCUT2D eigenvalue weighted by atomic mass is 9.52. The molecule has 0 radical (unpaired) electrons. The van der Waals surface area contributed by atoms with E-state index in [0.717, 1.165) is 12.8 Å². The Morgan fingerprint density at radius 3 is 2.62 bits per heavy atom. The minimum absolute atomic E-state index is 0.190. The zero-order chi connectivity index (χ0) is 22.6. The Morgan fingerprint density at radius 2 is 1.94 bits per heavy atom. The fraction of sp³-hybridized carbons (Fsp3) is 0.870. The third-order valence-corrected chi connectivity index (χ3v) is 9.54. The molecule has 5 saturated heterocycles. The first-order valence-corrected chi connectivity index (χ1v) is 12.1. The number of hydrogen-bond acceptors (Lipinski definition) is 8. The van der Waals surface area contributed by atoms with Crippen LogP contribution in [0.5, 0.6) is 0 Å². The zero-order valence-corrected chi connectivity index (χ0v) is 18.8. The van der Waals surface area contributed by atoms with Crippen molar-refractivity contribution in [2.24, 2.45) is 23.7 Å². The highest BCUT2D eigenvalue weighted by Gasteiger charge is 2.87. The van der Waals surface area contributed by atoms with Crippen LogP contribution in [0.3, 0.4) is 0 Å². The lowest BCUT2D eigenvalue weighted by molar-refractivity contribution is -0.258. The van der Waals surface area contributed by atoms with Gasteiger partial charge in [-0.1, -0.05) is 20.8 Å². The summed E-state index contributed by atoms with van der Waals surface area (Å²) >= 11 is 0. The van der Waals surface area contributed by atoms with Crippen molar-refractivity contribution >= 4 is 18.0 Å². The van der Waals surface area contributed by atoms with E-state index in [4.69, 9.17) is 14.2 Å². The van der Waals surface area contributed by atoms with Crippen LogP contribution in [0.25, 0.3) is 0 Å². The minimum atomic E-state index is -1.33. The number of fused-ring (bicyclic) bond motifs is 1. The molecule has 1 amide bonds. The number of cyclic esters (lactones) is 1. The van der Waals surface area contributed by atoms with E-state index >= 15 is 0 Å². The maximum absolute atomic E-state index is 12.9. The first-order valence-electron chi connectivity index (χ1n) is 12.1. The Bertz CT molecular complexity index is 896. The van der Waals surface area contributed by atoms with Crippen LogP contribution in [0.15, 0.2) is 0 Å². The van der Waals surface area contributed by atoms with Crippen LogP contribution in [0.2, 0.25) is 0 Å². The van der Waals surface area contributed by atoms with Gasteiger partial charge in [-0.25, -0.2) is 4.79 Å². The van der Waals surface area contributed by atoms with Gasteiger partial charge >= 0.3 is 18.0 Å². The molecule has 2 N–H and O–H groups in total. The number of rotatable bonds is 2. The number of ether oxygens (including phenoxy) is 3. The van der Waals surface area contributed by atoms with E-state index in [1.54, 1.807) is 0 Å². The summed E-state index contributed by atoms with van der Waals surface area (Å²) in [5.74, 6) is -1.87. The molecule has 9 heteroatoms. The molecule has 6 aliphatic rings. The Hall–Kier alpha value is -1.87. The summed E-state index contributed by atoms with van der Waals surface area (Å²) in [7, 11) is 0. The third kappa shape index (κ3) is 2.11. The quantitative estimate of drug-likeness (QED) is 0.480. The number of aliphatic hydroxyl groups is 1. The number of carbonyl (C=O) groups is 3. The first-order chi connectivity index (χ1) is 15.2. The van der Waals surface area contributed by atoms with Gasteiger partial charge in [-0.05, 0) is 32.1 Å². The first kappa shape index (κ1) is 20.7. The number of carbonyl (C=O) groups excluding carboxylic acids is 3. The van der Waals surface area contributed by atoms with Crippen LogP contribution in [0, 0.1) is 23.7 Å². The largest absolute Gasteiger partial charge is 0.461 e. The number of hydrogen-bond donors (Lipinski definition) is 2. The number of amides is 1. The molecule has 6 fully saturated rings. The van der Waals surface area contributed by atoms with Gasteiger partial charge < -0.3 is 19.3 Å². The molecule has 9 nitrogen and oxygen atoms in total. The smallest absolute Gasteiger partial charge is 0.409 e. The summed E-state index contributed by atoms with van der Waals surface area (Å²) in [5, 5.41) is 15.6. The van der Waals surface area contributed by atoms with Crippen LogP contribution in [0.4, 0.5) is 4.79 Å². The number of nitrogens with one attached hydrogen (secondary N) is 1. The lowest BCUT2D eigenvalue weighted by Crippen LogP contribution is -2.83. The van der Waals surface area contributed by atoms with Crippen molar-refractivity contribution in [2.45, 2.75) is 94.4 Å². The molecule has 32 heavy (non-hydrogen) atoms. The van der Waals surface area contributed by atoms with Crippen molar-refractivity contribution in [2.75, 3.05) is 6.54 Å². The van der Waals surface area contributed by atoms with Gasteiger partial charge in [0.2, 0.25) is 0 Å². The molecule has 0 aromatic rings. The topological polar surface area (TPSA) is 114 Å². The van der Waals surface area contributed by atoms with E-state index in [9.17, 15) is 19.5 Å². The fourth-order valence-electron chi connectivity index (χ4n) is 8.42. The molecular formula is C23H32N2O7. The van der Waals surface area contributed by atoms with Crippen LogP contribution >= 0.6 is 0 Å². The van der Waals surface area contributed by atoms with Gasteiger partial charge in [0.15, 0.2) is 11.3 Å². The van der Waals surface area contributed by atoms with Crippen molar-refractivity contribution in [3.05, 3.63) is 0 Å². The molecule has 0 bridgehead atoms. The maximum atomic E-state index is 12.9. The fourth-order valence-corrected chi connectivity index (χ4v) is 8.42. The predicted octanol–water partition coefficient (Wildman–Crippen LogP) is 1.32. The van der Waals surface area contributed by atoms with E-state index in [1.165, 1.54) is 0 Å². The van der Waals surface area contributed by atoms with Gasteiger partial charge in [0, 0.05) is 18.9 Å². The average molecular weight is 449 g/mol. The molecule has 1 saturated carbocycles. The molecule has 5 heterocycles. The molecule has 176 valence electrons. The Balaban J connectivity index is 1.57. The Labute approximate surface area is 187 Å². The van der Waals surface area contributed by atoms with Gasteiger partial charge in [0.1, 0.15) is 17.8 Å². The average Bonchev–Trinajstić information content (AvgIpc) is 3.36. The van der Waals surface area contributed by atoms with Crippen molar-refractivity contribution in [3.8, 4) is 0 Å². The van der Waals surface area contributed by atoms with Crippen LogP contribution in [-0.2, 0) is 23.8 Å². The molecule has 0 aromatic heterocycles. The second-order valence-corrected chi connectivity index (χ2v) is 10.8. The molecule has 10 atom stereocenters. The van der Waals surface area contributed by atoms with Crippen molar-refractivity contribution < 1.29 is 33.7 Å². The second-order valence-electron chi connectivity index (χ2n) is 10.8. The van der Waals surface area contributed by atoms with E-state index < -0.39 is 35.0 Å². The number of nitrogens with zero attached hydrogens (tertiary/aromatic N) is 1. The summed E-state index contributed by atoms with van der Waals surface area (Å²) < 4.78 is 17.9. The zero-order valence-electron chi connectivity index (χ0n) is 18.8. The summed E-state index contributed by atoms with van der Waals surface area (Å²) in [5.41, 5.74) is -3.65. The third-order valence-electron chi connectivity index (χ3n) is 9.54.